The van der Waals surface area contributed by atoms with Crippen LogP contribution in [0.4, 0.5) is 5.69 Å². The van der Waals surface area contributed by atoms with E-state index in [0.717, 1.165) is 11.4 Å². The molecule has 2 heterocycles. The van der Waals surface area contributed by atoms with E-state index in [4.69, 9.17) is 0 Å². The minimum atomic E-state index is -0.358. The van der Waals surface area contributed by atoms with Crippen molar-refractivity contribution < 1.29 is 4.92 Å². The van der Waals surface area contributed by atoms with Crippen molar-refractivity contribution in [2.45, 2.75) is 20.3 Å². The lowest BCUT2D eigenvalue weighted by atomic mass is 10.2. The van der Waals surface area contributed by atoms with E-state index in [2.05, 4.69) is 4.98 Å². The standard InChI is InChI=1S/C10H11N3O2/c1-3-8-10-9(13(14)15)6-7(2)12(10)5-4-11-8/h4-6H,3H2,1-2H3. The van der Waals surface area contributed by atoms with E-state index in [-0.39, 0.29) is 10.6 Å². The molecule has 0 aromatic carbocycles. The first kappa shape index (κ1) is 9.64. The van der Waals surface area contributed by atoms with E-state index in [0.29, 0.717) is 11.9 Å². The number of rotatable bonds is 2. The molecule has 0 amide bonds. The molecule has 0 N–H and O–H groups in total. The van der Waals surface area contributed by atoms with Gasteiger partial charge in [0.25, 0.3) is 5.69 Å². The molecule has 2 aromatic heterocycles. The number of aromatic nitrogens is 2. The molecule has 5 heteroatoms. The second kappa shape index (κ2) is 3.34. The third kappa shape index (κ3) is 1.36. The molecular formula is C10H11N3O2. The first-order valence-electron chi connectivity index (χ1n) is 4.75. The number of nitro groups is 1. The third-order valence-corrected chi connectivity index (χ3v) is 2.46. The van der Waals surface area contributed by atoms with Crippen LogP contribution in [0.2, 0.25) is 0 Å². The quantitative estimate of drug-likeness (QED) is 0.557. The van der Waals surface area contributed by atoms with Gasteiger partial charge in [0.15, 0.2) is 0 Å². The van der Waals surface area contributed by atoms with E-state index in [9.17, 15) is 10.1 Å². The summed E-state index contributed by atoms with van der Waals surface area (Å²) in [6.45, 7) is 3.79. The summed E-state index contributed by atoms with van der Waals surface area (Å²) in [5.74, 6) is 0. The van der Waals surface area contributed by atoms with E-state index in [1.165, 1.54) is 0 Å². The van der Waals surface area contributed by atoms with Crippen LogP contribution >= 0.6 is 0 Å². The predicted octanol–water partition coefficient (Wildman–Crippen LogP) is 2.11. The Balaban J connectivity index is 2.88. The zero-order chi connectivity index (χ0) is 11.0. The summed E-state index contributed by atoms with van der Waals surface area (Å²) in [6.07, 6.45) is 4.11. The normalized spacial score (nSPS) is 10.8. The molecule has 0 saturated carbocycles. The molecule has 5 nitrogen and oxygen atoms in total. The molecule has 2 rings (SSSR count). The fourth-order valence-electron chi connectivity index (χ4n) is 1.76. The van der Waals surface area contributed by atoms with Crippen LogP contribution in [-0.4, -0.2) is 14.3 Å². The van der Waals surface area contributed by atoms with Gasteiger partial charge < -0.3 is 4.40 Å². The molecule has 2 aromatic rings. The average Bonchev–Trinajstić information content (AvgIpc) is 2.56. The van der Waals surface area contributed by atoms with Crippen molar-refractivity contribution in [1.29, 1.82) is 0 Å². The lowest BCUT2D eigenvalue weighted by Crippen LogP contribution is -1.96. The minimum absolute atomic E-state index is 0.137. The van der Waals surface area contributed by atoms with Gasteiger partial charge in [-0.1, -0.05) is 6.92 Å². The summed E-state index contributed by atoms with van der Waals surface area (Å²) >= 11 is 0. The number of fused-ring (bicyclic) bond motifs is 1. The molecular weight excluding hydrogens is 194 g/mol. The van der Waals surface area contributed by atoms with Crippen molar-refractivity contribution in [1.82, 2.24) is 9.38 Å². The van der Waals surface area contributed by atoms with Gasteiger partial charge in [-0.15, -0.1) is 0 Å². The Morgan fingerprint density at radius 3 is 2.93 bits per heavy atom. The van der Waals surface area contributed by atoms with Gasteiger partial charge in [0.2, 0.25) is 0 Å². The molecule has 0 bridgehead atoms. The third-order valence-electron chi connectivity index (χ3n) is 2.46. The van der Waals surface area contributed by atoms with Gasteiger partial charge in [0.1, 0.15) is 5.52 Å². The highest BCUT2D eigenvalue weighted by Crippen LogP contribution is 2.26. The lowest BCUT2D eigenvalue weighted by molar-refractivity contribution is -0.383. The monoisotopic (exact) mass is 205 g/mol. The Kier molecular flexibility index (Phi) is 2.15. The van der Waals surface area contributed by atoms with Crippen molar-refractivity contribution >= 4 is 11.2 Å². The Morgan fingerprint density at radius 2 is 2.33 bits per heavy atom. The summed E-state index contributed by atoms with van der Waals surface area (Å²) in [5.41, 5.74) is 2.37. The van der Waals surface area contributed by atoms with Gasteiger partial charge in [0, 0.05) is 24.2 Å². The van der Waals surface area contributed by atoms with E-state index in [1.54, 1.807) is 18.5 Å². The number of hydrogen-bond donors (Lipinski definition) is 0. The minimum Gasteiger partial charge on any atom is -0.312 e. The highest BCUT2D eigenvalue weighted by atomic mass is 16.6. The Hall–Kier alpha value is -1.91. The predicted molar refractivity (Wildman–Crippen MR) is 56.0 cm³/mol. The average molecular weight is 205 g/mol. The zero-order valence-electron chi connectivity index (χ0n) is 8.60. The number of nitrogens with zero attached hydrogens (tertiary/aromatic N) is 3. The van der Waals surface area contributed by atoms with Crippen molar-refractivity contribution in [2.75, 3.05) is 0 Å². The molecule has 0 fully saturated rings. The van der Waals surface area contributed by atoms with Gasteiger partial charge >= 0.3 is 0 Å². The fraction of sp³-hybridized carbons (Fsp3) is 0.300. The van der Waals surface area contributed by atoms with Gasteiger partial charge in [-0.2, -0.15) is 0 Å². The maximum Gasteiger partial charge on any atom is 0.296 e. The van der Waals surface area contributed by atoms with Crippen LogP contribution in [0.3, 0.4) is 0 Å². The largest absolute Gasteiger partial charge is 0.312 e. The molecule has 0 aliphatic carbocycles. The molecule has 0 radical (unpaired) electrons. The van der Waals surface area contributed by atoms with Gasteiger partial charge in [-0.05, 0) is 13.3 Å². The summed E-state index contributed by atoms with van der Waals surface area (Å²) in [4.78, 5) is 14.7. The molecule has 15 heavy (non-hydrogen) atoms. The summed E-state index contributed by atoms with van der Waals surface area (Å²) < 4.78 is 1.81. The van der Waals surface area contributed by atoms with Crippen molar-refractivity contribution in [2.24, 2.45) is 0 Å². The lowest BCUT2D eigenvalue weighted by Gasteiger charge is -2.00. The molecule has 78 valence electrons. The van der Waals surface area contributed by atoms with Crippen LogP contribution in [0.1, 0.15) is 18.3 Å². The maximum atomic E-state index is 10.9. The Labute approximate surface area is 86.5 Å². The fourth-order valence-corrected chi connectivity index (χ4v) is 1.76. The molecule has 0 atom stereocenters. The second-order valence-corrected chi connectivity index (χ2v) is 3.37. The van der Waals surface area contributed by atoms with Crippen LogP contribution in [0.25, 0.3) is 5.52 Å². The van der Waals surface area contributed by atoms with E-state index in [1.807, 2.05) is 18.2 Å². The second-order valence-electron chi connectivity index (χ2n) is 3.37. The Bertz CT molecular complexity index is 531. The molecule has 0 spiro atoms. The van der Waals surface area contributed by atoms with Gasteiger partial charge in [0.05, 0.1) is 10.6 Å². The van der Waals surface area contributed by atoms with E-state index >= 15 is 0 Å². The highest BCUT2D eigenvalue weighted by molar-refractivity contribution is 5.70. The summed E-state index contributed by atoms with van der Waals surface area (Å²) in [6, 6.07) is 1.58. The van der Waals surface area contributed by atoms with Crippen molar-refractivity contribution in [3.05, 3.63) is 40.0 Å². The zero-order valence-corrected chi connectivity index (χ0v) is 8.60. The maximum absolute atomic E-state index is 10.9. The smallest absolute Gasteiger partial charge is 0.296 e. The van der Waals surface area contributed by atoms with Crippen LogP contribution in [0.5, 0.6) is 0 Å². The van der Waals surface area contributed by atoms with Crippen LogP contribution in [0.15, 0.2) is 18.5 Å². The van der Waals surface area contributed by atoms with Gasteiger partial charge in [-0.3, -0.25) is 15.1 Å². The van der Waals surface area contributed by atoms with Crippen LogP contribution in [0, 0.1) is 17.0 Å². The highest BCUT2D eigenvalue weighted by Gasteiger charge is 2.18. The first-order valence-corrected chi connectivity index (χ1v) is 4.75. The summed E-state index contributed by atoms with van der Waals surface area (Å²) in [7, 11) is 0. The molecule has 0 unspecified atom stereocenters. The summed E-state index contributed by atoms with van der Waals surface area (Å²) in [5, 5.41) is 10.9. The molecule has 0 aliphatic rings. The SMILES string of the molecule is CCc1nccn2c(C)cc([N+](=O)[O-])c12. The number of hydrogen-bond acceptors (Lipinski definition) is 3. The van der Waals surface area contributed by atoms with Crippen LogP contribution < -0.4 is 0 Å². The molecule has 0 aliphatic heterocycles. The van der Waals surface area contributed by atoms with Gasteiger partial charge in [-0.25, -0.2) is 0 Å². The topological polar surface area (TPSA) is 60.4 Å². The first-order chi connectivity index (χ1) is 7.15. The Morgan fingerprint density at radius 1 is 1.60 bits per heavy atom. The molecule has 0 saturated heterocycles. The van der Waals surface area contributed by atoms with E-state index < -0.39 is 0 Å². The van der Waals surface area contributed by atoms with Crippen molar-refractivity contribution in [3.8, 4) is 0 Å². The number of aryl methyl sites for hydroxylation is 2. The van der Waals surface area contributed by atoms with Crippen LogP contribution in [-0.2, 0) is 6.42 Å². The van der Waals surface area contributed by atoms with Crippen molar-refractivity contribution in [3.63, 3.8) is 0 Å².